The van der Waals surface area contributed by atoms with Crippen molar-refractivity contribution in [1.82, 2.24) is 29.8 Å². The second kappa shape index (κ2) is 12.9. The van der Waals surface area contributed by atoms with Crippen LogP contribution in [0.5, 0.6) is 0 Å². The summed E-state index contributed by atoms with van der Waals surface area (Å²) in [5.41, 5.74) is 8.61. The number of rotatable bonds is 8. The Bertz CT molecular complexity index is 1860. The molecular formula is C34H32ClN7O3. The van der Waals surface area contributed by atoms with Gasteiger partial charge in [-0.2, -0.15) is 0 Å². The molecule has 1 aliphatic heterocycles. The van der Waals surface area contributed by atoms with Gasteiger partial charge in [0.2, 0.25) is 11.8 Å². The number of carbonyl (C=O) groups is 3. The number of carbonyl (C=O) groups excluding carboxylic acids is 3. The van der Waals surface area contributed by atoms with Gasteiger partial charge in [0.05, 0.1) is 11.9 Å². The predicted octanol–water partition coefficient (Wildman–Crippen LogP) is 4.43. The first kappa shape index (κ1) is 30.0. The summed E-state index contributed by atoms with van der Waals surface area (Å²) >= 11 is 6.39. The maximum atomic E-state index is 14.6. The molecule has 10 nitrogen and oxygen atoms in total. The molecule has 2 N–H and O–H groups in total. The molecule has 3 aromatic carbocycles. The molecule has 3 heterocycles. The zero-order chi connectivity index (χ0) is 31.5. The van der Waals surface area contributed by atoms with Gasteiger partial charge in [-0.1, -0.05) is 77.5 Å². The third-order valence-corrected chi connectivity index (χ3v) is 8.51. The number of halogens is 1. The minimum atomic E-state index is -1.04. The number of benzene rings is 3. The van der Waals surface area contributed by atoms with E-state index < -0.39 is 23.9 Å². The molecule has 0 radical (unpaired) electrons. The van der Waals surface area contributed by atoms with Gasteiger partial charge in [0, 0.05) is 30.2 Å². The van der Waals surface area contributed by atoms with Gasteiger partial charge in [0.1, 0.15) is 24.3 Å². The molecule has 2 aromatic heterocycles. The van der Waals surface area contributed by atoms with E-state index in [-0.39, 0.29) is 31.5 Å². The molecule has 0 saturated carbocycles. The number of nitrogens with zero attached hydrogens (tertiary/aromatic N) is 6. The van der Waals surface area contributed by atoms with E-state index in [1.165, 1.54) is 9.58 Å². The van der Waals surface area contributed by atoms with E-state index in [4.69, 9.17) is 17.3 Å². The molecule has 0 spiro atoms. The number of hydrogen-bond donors (Lipinski definition) is 1. The Morgan fingerprint density at radius 3 is 2.56 bits per heavy atom. The van der Waals surface area contributed by atoms with Crippen molar-refractivity contribution in [3.63, 3.8) is 0 Å². The summed E-state index contributed by atoms with van der Waals surface area (Å²) in [5, 5.41) is 10.8. The number of pyridine rings is 1. The number of fused-ring (bicyclic) bond motifs is 1. The van der Waals surface area contributed by atoms with Crippen LogP contribution < -0.4 is 5.73 Å². The fourth-order valence-electron chi connectivity index (χ4n) is 6.06. The van der Waals surface area contributed by atoms with E-state index in [1.807, 2.05) is 61.5 Å². The summed E-state index contributed by atoms with van der Waals surface area (Å²) < 4.78 is 1.44. The second-order valence-corrected chi connectivity index (χ2v) is 11.6. The Balaban J connectivity index is 1.34. The zero-order valence-electron chi connectivity index (χ0n) is 24.7. The summed E-state index contributed by atoms with van der Waals surface area (Å²) in [6.07, 6.45) is 3.98. The normalized spacial score (nSPS) is 17.7. The van der Waals surface area contributed by atoms with Crippen LogP contribution in [0.15, 0.2) is 97.3 Å². The number of aromatic nitrogens is 4. The fraction of sp³-hybridized carbons (Fsp3) is 0.235. The average molecular weight is 622 g/mol. The van der Waals surface area contributed by atoms with E-state index >= 15 is 0 Å². The lowest BCUT2D eigenvalue weighted by atomic mass is 9.96. The molecule has 6 rings (SSSR count). The number of primary amides is 1. The van der Waals surface area contributed by atoms with Gasteiger partial charge >= 0.3 is 0 Å². The van der Waals surface area contributed by atoms with Crippen molar-refractivity contribution < 1.29 is 14.4 Å². The van der Waals surface area contributed by atoms with Crippen molar-refractivity contribution in [1.29, 1.82) is 0 Å². The van der Waals surface area contributed by atoms with Gasteiger partial charge in [-0.05, 0) is 59.5 Å². The minimum Gasteiger partial charge on any atom is -0.368 e. The first-order chi connectivity index (χ1) is 21.8. The monoisotopic (exact) mass is 621 g/mol. The number of nitrogens with two attached hydrogens (primary N) is 1. The first-order valence-corrected chi connectivity index (χ1v) is 15.1. The van der Waals surface area contributed by atoms with E-state index in [2.05, 4.69) is 15.3 Å². The third kappa shape index (κ3) is 6.28. The highest BCUT2D eigenvalue weighted by atomic mass is 35.5. The average Bonchev–Trinajstić information content (AvgIpc) is 3.46. The maximum Gasteiger partial charge on any atom is 0.250 e. The lowest BCUT2D eigenvalue weighted by Gasteiger charge is -2.35. The second-order valence-electron chi connectivity index (χ2n) is 11.2. The lowest BCUT2D eigenvalue weighted by molar-refractivity contribution is -0.148. The largest absolute Gasteiger partial charge is 0.368 e. The fourth-order valence-corrected chi connectivity index (χ4v) is 6.25. The van der Waals surface area contributed by atoms with Gasteiger partial charge in [-0.25, -0.2) is 4.68 Å². The molecule has 1 fully saturated rings. The zero-order valence-corrected chi connectivity index (χ0v) is 25.4. The molecule has 5 aromatic rings. The van der Waals surface area contributed by atoms with E-state index in [0.717, 1.165) is 16.3 Å². The molecule has 1 aliphatic rings. The molecule has 228 valence electrons. The molecule has 11 heteroatoms. The molecular weight excluding hydrogens is 590 g/mol. The van der Waals surface area contributed by atoms with Crippen LogP contribution in [0.1, 0.15) is 30.5 Å². The van der Waals surface area contributed by atoms with E-state index in [0.29, 0.717) is 28.4 Å². The van der Waals surface area contributed by atoms with Gasteiger partial charge in [0.15, 0.2) is 0 Å². The van der Waals surface area contributed by atoms with E-state index in [1.54, 1.807) is 47.6 Å². The van der Waals surface area contributed by atoms with Crippen LogP contribution in [-0.2, 0) is 27.3 Å². The summed E-state index contributed by atoms with van der Waals surface area (Å²) in [4.78, 5) is 49.1. The summed E-state index contributed by atoms with van der Waals surface area (Å²) in [6.45, 7) is 1.99. The molecule has 1 saturated heterocycles. The van der Waals surface area contributed by atoms with Crippen LogP contribution >= 0.6 is 11.6 Å². The van der Waals surface area contributed by atoms with Crippen molar-refractivity contribution >= 4 is 40.1 Å². The minimum absolute atomic E-state index is 0.149. The topological polar surface area (TPSA) is 127 Å². The van der Waals surface area contributed by atoms with Crippen molar-refractivity contribution in [3.05, 3.63) is 113 Å². The van der Waals surface area contributed by atoms with Crippen molar-refractivity contribution in [2.45, 2.75) is 44.4 Å². The van der Waals surface area contributed by atoms with Crippen LogP contribution in [0.2, 0.25) is 5.02 Å². The summed E-state index contributed by atoms with van der Waals surface area (Å²) in [7, 11) is 0. The van der Waals surface area contributed by atoms with Crippen LogP contribution in [0.25, 0.3) is 22.2 Å². The van der Waals surface area contributed by atoms with Crippen molar-refractivity contribution in [3.8, 4) is 11.4 Å². The van der Waals surface area contributed by atoms with Gasteiger partial charge in [0.25, 0.3) is 5.91 Å². The highest BCUT2D eigenvalue weighted by molar-refractivity contribution is 6.30. The van der Waals surface area contributed by atoms with Crippen LogP contribution in [0, 0.1) is 0 Å². The van der Waals surface area contributed by atoms with Gasteiger partial charge < -0.3 is 15.5 Å². The maximum absolute atomic E-state index is 14.6. The Kier molecular flexibility index (Phi) is 8.57. The van der Waals surface area contributed by atoms with Crippen molar-refractivity contribution in [2.24, 2.45) is 5.73 Å². The van der Waals surface area contributed by atoms with Gasteiger partial charge in [-0.3, -0.25) is 19.4 Å². The Labute approximate surface area is 265 Å². The molecule has 3 unspecified atom stereocenters. The predicted molar refractivity (Wildman–Crippen MR) is 171 cm³/mol. The molecule has 0 aliphatic carbocycles. The quantitative estimate of drug-likeness (QED) is 0.273. The van der Waals surface area contributed by atoms with E-state index in [9.17, 15) is 14.4 Å². The molecule has 3 atom stereocenters. The molecule has 3 amide bonds. The Hall–Kier alpha value is -5.09. The van der Waals surface area contributed by atoms with Crippen LogP contribution in [-0.4, -0.2) is 66.1 Å². The Morgan fingerprint density at radius 2 is 1.78 bits per heavy atom. The first-order valence-electron chi connectivity index (χ1n) is 14.7. The summed E-state index contributed by atoms with van der Waals surface area (Å²) in [5.74, 6) is -1.34. The van der Waals surface area contributed by atoms with Crippen LogP contribution in [0.4, 0.5) is 0 Å². The highest BCUT2D eigenvalue weighted by Crippen LogP contribution is 2.33. The Morgan fingerprint density at radius 1 is 1.00 bits per heavy atom. The smallest absolute Gasteiger partial charge is 0.250 e. The third-order valence-electron chi connectivity index (χ3n) is 8.27. The standard InChI is InChI=1S/C34H32ClN7O3/c1-22-15-17-41(30(33(36)44)19-24-10-6-9-23-8-2-3-13-27(23)24)34(45)32(25-11-7-12-26(35)18-25)42(22)31(43)21-40-20-29(38-39-40)28-14-4-5-16-37-28/h2-14,16,18,20,22,30,32H,15,17,19,21H2,1H3,(H2,36,44). The lowest BCUT2D eigenvalue weighted by Crippen LogP contribution is -2.52. The summed E-state index contributed by atoms with van der Waals surface area (Å²) in [6, 6.07) is 23.8. The van der Waals surface area contributed by atoms with Crippen molar-refractivity contribution in [2.75, 3.05) is 6.54 Å². The highest BCUT2D eigenvalue weighted by Gasteiger charge is 2.43. The number of hydrogen-bond acceptors (Lipinski definition) is 6. The molecule has 45 heavy (non-hydrogen) atoms. The van der Waals surface area contributed by atoms with Gasteiger partial charge in [-0.15, -0.1) is 5.10 Å². The number of amides is 3. The van der Waals surface area contributed by atoms with Crippen LogP contribution in [0.3, 0.4) is 0 Å². The SMILES string of the molecule is CC1CCN(C(Cc2cccc3ccccc23)C(N)=O)C(=O)C(c2cccc(Cl)c2)N1C(=O)Cn1cc(-c2ccccn2)nn1. The molecule has 0 bridgehead atoms.